The highest BCUT2D eigenvalue weighted by molar-refractivity contribution is 7.89. The van der Waals surface area contributed by atoms with E-state index in [1.165, 1.54) is 32.3 Å². The van der Waals surface area contributed by atoms with Gasteiger partial charge in [-0.25, -0.2) is 12.7 Å². The van der Waals surface area contributed by atoms with Gasteiger partial charge in [-0.2, -0.15) is 5.26 Å². The molecule has 0 unspecified atom stereocenters. The zero-order valence-corrected chi connectivity index (χ0v) is 11.8. The van der Waals surface area contributed by atoms with E-state index in [1.54, 1.807) is 6.07 Å². The van der Waals surface area contributed by atoms with Crippen molar-refractivity contribution >= 4 is 21.4 Å². The summed E-state index contributed by atoms with van der Waals surface area (Å²) < 4.78 is 24.2. The first-order valence-corrected chi connectivity index (χ1v) is 7.21. The summed E-state index contributed by atoms with van der Waals surface area (Å²) in [7, 11) is -0.429. The monoisotopic (exact) mass is 298 g/mol. The number of nitro groups is 1. The summed E-state index contributed by atoms with van der Waals surface area (Å²) in [6, 6.07) is 5.70. The zero-order valence-electron chi connectivity index (χ0n) is 11.0. The molecule has 0 spiro atoms. The van der Waals surface area contributed by atoms with Crippen LogP contribution in [0.3, 0.4) is 0 Å². The predicted molar refractivity (Wildman–Crippen MR) is 73.8 cm³/mol. The van der Waals surface area contributed by atoms with Crippen LogP contribution in [0, 0.1) is 21.4 Å². The van der Waals surface area contributed by atoms with Crippen molar-refractivity contribution in [1.29, 1.82) is 5.26 Å². The average Bonchev–Trinajstić information content (AvgIpc) is 2.37. The Balaban J connectivity index is 2.76. The first-order valence-electron chi connectivity index (χ1n) is 5.60. The van der Waals surface area contributed by atoms with E-state index in [1.807, 2.05) is 0 Å². The Morgan fingerprint density at radius 1 is 1.45 bits per heavy atom. The fraction of sp³-hybridized carbons (Fsp3) is 0.364. The van der Waals surface area contributed by atoms with Crippen molar-refractivity contribution < 1.29 is 13.3 Å². The smallest absolute Gasteiger partial charge is 0.287 e. The minimum Gasteiger partial charge on any atom is -0.384 e. The lowest BCUT2D eigenvalue weighted by atomic mass is 10.2. The number of nitrogens with zero attached hydrogens (tertiary/aromatic N) is 3. The van der Waals surface area contributed by atoms with Crippen LogP contribution in [0.5, 0.6) is 0 Å². The van der Waals surface area contributed by atoms with Crippen LogP contribution in [0.15, 0.2) is 18.2 Å². The largest absolute Gasteiger partial charge is 0.384 e. The van der Waals surface area contributed by atoms with E-state index in [0.29, 0.717) is 5.69 Å². The third-order valence-electron chi connectivity index (χ3n) is 2.56. The minimum absolute atomic E-state index is 0.0736. The maximum absolute atomic E-state index is 11.5. The molecule has 0 aliphatic heterocycles. The van der Waals surface area contributed by atoms with Gasteiger partial charge in [-0.1, -0.05) is 0 Å². The van der Waals surface area contributed by atoms with Gasteiger partial charge in [-0.3, -0.25) is 10.1 Å². The quantitative estimate of drug-likeness (QED) is 0.612. The van der Waals surface area contributed by atoms with Crippen molar-refractivity contribution in [2.24, 2.45) is 0 Å². The normalized spacial score (nSPS) is 11.1. The number of sulfonamides is 1. The lowest BCUT2D eigenvalue weighted by Gasteiger charge is -2.12. The van der Waals surface area contributed by atoms with Gasteiger partial charge in [0.05, 0.1) is 10.7 Å². The number of hydrogen-bond acceptors (Lipinski definition) is 6. The maximum Gasteiger partial charge on any atom is 0.287 e. The van der Waals surface area contributed by atoms with Crippen molar-refractivity contribution in [3.63, 3.8) is 0 Å². The molecular weight excluding hydrogens is 284 g/mol. The Bertz CT molecular complexity index is 649. The molecule has 0 heterocycles. The van der Waals surface area contributed by atoms with Gasteiger partial charge in [0.15, 0.2) is 0 Å². The number of rotatable bonds is 6. The van der Waals surface area contributed by atoms with Crippen molar-refractivity contribution in [1.82, 2.24) is 4.31 Å². The zero-order chi connectivity index (χ0) is 15.3. The number of nitrogens with one attached hydrogen (secondary N) is 1. The first-order chi connectivity index (χ1) is 9.27. The number of benzene rings is 1. The van der Waals surface area contributed by atoms with Gasteiger partial charge in [0, 0.05) is 32.4 Å². The summed E-state index contributed by atoms with van der Waals surface area (Å²) in [5, 5.41) is 22.3. The molecule has 0 radical (unpaired) electrons. The van der Waals surface area contributed by atoms with E-state index >= 15 is 0 Å². The Labute approximate surface area is 116 Å². The molecule has 108 valence electrons. The van der Waals surface area contributed by atoms with Gasteiger partial charge < -0.3 is 5.32 Å². The molecule has 0 saturated carbocycles. The second kappa shape index (κ2) is 6.31. The molecule has 0 aliphatic carbocycles. The molecule has 8 nitrogen and oxygen atoms in total. The van der Waals surface area contributed by atoms with Crippen LogP contribution >= 0.6 is 0 Å². The van der Waals surface area contributed by atoms with E-state index in [2.05, 4.69) is 5.32 Å². The number of nitro benzene ring substituents is 1. The second-order valence-electron chi connectivity index (χ2n) is 4.13. The van der Waals surface area contributed by atoms with Crippen LogP contribution < -0.4 is 5.32 Å². The topological polar surface area (TPSA) is 116 Å². The van der Waals surface area contributed by atoms with Crippen LogP contribution in [-0.2, 0) is 10.0 Å². The van der Waals surface area contributed by atoms with Gasteiger partial charge in [-0.15, -0.1) is 0 Å². The van der Waals surface area contributed by atoms with Gasteiger partial charge in [-0.05, 0) is 12.1 Å². The molecule has 20 heavy (non-hydrogen) atoms. The maximum atomic E-state index is 11.5. The lowest BCUT2D eigenvalue weighted by molar-refractivity contribution is -0.385. The van der Waals surface area contributed by atoms with E-state index in [0.717, 1.165) is 4.31 Å². The number of hydrogen-bond donors (Lipinski definition) is 1. The summed E-state index contributed by atoms with van der Waals surface area (Å²) in [4.78, 5) is 10.0. The third-order valence-corrected chi connectivity index (χ3v) is 4.39. The molecule has 0 bridgehead atoms. The summed E-state index contributed by atoms with van der Waals surface area (Å²) in [5.74, 6) is -0.112. The molecule has 1 aromatic carbocycles. The molecule has 0 amide bonds. The van der Waals surface area contributed by atoms with Crippen molar-refractivity contribution in [3.8, 4) is 6.07 Å². The average molecular weight is 298 g/mol. The van der Waals surface area contributed by atoms with Crippen LogP contribution in [0.25, 0.3) is 0 Å². The van der Waals surface area contributed by atoms with E-state index in [-0.39, 0.29) is 23.5 Å². The third kappa shape index (κ3) is 3.91. The molecule has 9 heteroatoms. The molecule has 0 saturated heterocycles. The van der Waals surface area contributed by atoms with Crippen molar-refractivity contribution in [2.45, 2.75) is 0 Å². The summed E-state index contributed by atoms with van der Waals surface area (Å²) in [6.45, 7) is 0.142. The van der Waals surface area contributed by atoms with Crippen LogP contribution in [-0.4, -0.2) is 44.0 Å². The van der Waals surface area contributed by atoms with Gasteiger partial charge >= 0.3 is 0 Å². The van der Waals surface area contributed by atoms with E-state index in [4.69, 9.17) is 5.26 Å². The Morgan fingerprint density at radius 3 is 2.60 bits per heavy atom. The number of nitriles is 1. The van der Waals surface area contributed by atoms with Crippen molar-refractivity contribution in [2.75, 3.05) is 31.7 Å². The fourth-order valence-electron chi connectivity index (χ4n) is 1.40. The van der Waals surface area contributed by atoms with Crippen LogP contribution in [0.4, 0.5) is 11.4 Å². The fourth-order valence-corrected chi connectivity index (χ4v) is 2.13. The minimum atomic E-state index is -3.31. The standard InChI is InChI=1S/C11H14N4O4S/c1-14(2)20(18,19)6-5-13-10-3-4-11(15(16)17)9(7-10)8-12/h3-4,7,13H,5-6H2,1-2H3. The molecule has 1 aromatic rings. The molecule has 0 aromatic heterocycles. The van der Waals surface area contributed by atoms with E-state index in [9.17, 15) is 18.5 Å². The highest BCUT2D eigenvalue weighted by atomic mass is 32.2. The van der Waals surface area contributed by atoms with Crippen molar-refractivity contribution in [3.05, 3.63) is 33.9 Å². The Hall–Kier alpha value is -2.18. The Kier molecular flexibility index (Phi) is 5.01. The highest BCUT2D eigenvalue weighted by Crippen LogP contribution is 2.21. The molecule has 0 atom stereocenters. The van der Waals surface area contributed by atoms with E-state index < -0.39 is 14.9 Å². The lowest BCUT2D eigenvalue weighted by Crippen LogP contribution is -2.28. The van der Waals surface area contributed by atoms with Gasteiger partial charge in [0.2, 0.25) is 10.0 Å². The summed E-state index contributed by atoms with van der Waals surface area (Å²) in [6.07, 6.45) is 0. The molecule has 1 rings (SSSR count). The molecule has 1 N–H and O–H groups in total. The molecular formula is C11H14N4O4S. The summed E-state index contributed by atoms with van der Waals surface area (Å²) >= 11 is 0. The van der Waals surface area contributed by atoms with Gasteiger partial charge in [0.1, 0.15) is 11.6 Å². The SMILES string of the molecule is CN(C)S(=O)(=O)CCNc1ccc([N+](=O)[O-])c(C#N)c1. The second-order valence-corrected chi connectivity index (χ2v) is 6.43. The van der Waals surface area contributed by atoms with Crippen LogP contribution in [0.1, 0.15) is 5.56 Å². The highest BCUT2D eigenvalue weighted by Gasteiger charge is 2.15. The number of anilines is 1. The Morgan fingerprint density at radius 2 is 2.10 bits per heavy atom. The van der Waals surface area contributed by atoms with Gasteiger partial charge in [0.25, 0.3) is 5.69 Å². The predicted octanol–water partition coefficient (Wildman–Crippen LogP) is 0.770. The van der Waals surface area contributed by atoms with Crippen LogP contribution in [0.2, 0.25) is 0 Å². The first kappa shape index (κ1) is 15.9. The summed E-state index contributed by atoms with van der Waals surface area (Å²) in [5.41, 5.74) is 0.107. The molecule has 0 fully saturated rings. The molecule has 0 aliphatic rings.